The number of nitrogens with one attached hydrogen (secondary N) is 1. The van der Waals surface area contributed by atoms with Crippen LogP contribution in [0.25, 0.3) is 16.9 Å². The van der Waals surface area contributed by atoms with Crippen LogP contribution >= 0.6 is 23.8 Å². The summed E-state index contributed by atoms with van der Waals surface area (Å²) in [6, 6.07) is 23.2. The second-order valence-electron chi connectivity index (χ2n) is 8.74. The van der Waals surface area contributed by atoms with E-state index in [9.17, 15) is 4.39 Å². The molecule has 3 aromatic carbocycles. The van der Waals surface area contributed by atoms with Crippen LogP contribution in [0.15, 0.2) is 79.0 Å². The first-order valence-corrected chi connectivity index (χ1v) is 12.3. The van der Waals surface area contributed by atoms with Gasteiger partial charge >= 0.3 is 0 Å². The summed E-state index contributed by atoms with van der Waals surface area (Å²) < 4.78 is 19.3. The highest BCUT2D eigenvalue weighted by atomic mass is 35.5. The minimum Gasteiger partial charge on any atom is -0.358 e. The van der Waals surface area contributed by atoms with Crippen molar-refractivity contribution < 1.29 is 9.29 Å². The number of aromatic nitrogens is 2. The van der Waals surface area contributed by atoms with E-state index < -0.39 is 0 Å². The van der Waals surface area contributed by atoms with E-state index in [-0.39, 0.29) is 5.82 Å². The summed E-state index contributed by atoms with van der Waals surface area (Å²) >= 11 is 12.1. The van der Waals surface area contributed by atoms with Crippen molar-refractivity contribution in [3.63, 3.8) is 0 Å². The molecule has 174 valence electrons. The number of piperazine rings is 1. The molecule has 0 spiro atoms. The molecule has 0 unspecified atom stereocenters. The Labute approximate surface area is 209 Å². The normalized spacial score (nSPS) is 14.5. The quantitative estimate of drug-likeness (QED) is 0.388. The highest BCUT2D eigenvalue weighted by Gasteiger charge is 2.23. The number of nitrogens with zero attached hydrogens (tertiary/aromatic N) is 3. The molecule has 0 saturated carbocycles. The average Bonchev–Trinajstić information content (AvgIpc) is 3.16. The highest BCUT2D eigenvalue weighted by molar-refractivity contribution is 7.71. The first-order chi connectivity index (χ1) is 16.5. The van der Waals surface area contributed by atoms with Gasteiger partial charge in [-0.05, 0) is 55.0 Å². The molecule has 34 heavy (non-hydrogen) atoms. The zero-order chi connectivity index (χ0) is 23.7. The molecule has 0 bridgehead atoms. The van der Waals surface area contributed by atoms with E-state index >= 15 is 0 Å². The fraction of sp³-hybridized carbons (Fsp3) is 0.222. The van der Waals surface area contributed by atoms with Crippen molar-refractivity contribution >= 4 is 29.5 Å². The maximum Gasteiger partial charge on any atom is 0.189 e. The number of para-hydroxylation sites is 2. The minimum absolute atomic E-state index is 0.156. The van der Waals surface area contributed by atoms with Crippen LogP contribution in [0.4, 0.5) is 10.1 Å². The largest absolute Gasteiger partial charge is 0.358 e. The molecule has 0 atom stereocenters. The Bertz CT molecular complexity index is 1350. The third-order valence-corrected chi connectivity index (χ3v) is 7.18. The van der Waals surface area contributed by atoms with Gasteiger partial charge in [0.1, 0.15) is 5.82 Å². The molecular weight excluding hydrogens is 467 g/mol. The fourth-order valence-electron chi connectivity index (χ4n) is 4.65. The molecule has 1 aliphatic rings. The molecule has 1 saturated heterocycles. The van der Waals surface area contributed by atoms with Crippen molar-refractivity contribution in [2.45, 2.75) is 13.6 Å². The first-order valence-electron chi connectivity index (χ1n) is 11.5. The predicted molar refractivity (Wildman–Crippen MR) is 139 cm³/mol. The second-order valence-corrected chi connectivity index (χ2v) is 9.54. The van der Waals surface area contributed by atoms with Gasteiger partial charge in [0.25, 0.3) is 0 Å². The molecule has 7 heteroatoms. The predicted octanol–water partition coefficient (Wildman–Crippen LogP) is 5.14. The Morgan fingerprint density at radius 3 is 2.24 bits per heavy atom. The maximum atomic E-state index is 14.2. The number of quaternary nitrogens is 1. The summed E-state index contributed by atoms with van der Waals surface area (Å²) in [6.07, 6.45) is 2.15. The molecule has 2 heterocycles. The molecule has 0 aliphatic carbocycles. The van der Waals surface area contributed by atoms with Gasteiger partial charge < -0.3 is 9.80 Å². The number of imidazole rings is 1. The fourth-order valence-corrected chi connectivity index (χ4v) is 5.09. The Kier molecular flexibility index (Phi) is 6.55. The van der Waals surface area contributed by atoms with Crippen LogP contribution in [-0.4, -0.2) is 35.3 Å². The van der Waals surface area contributed by atoms with Gasteiger partial charge in [-0.3, -0.25) is 9.13 Å². The average molecular weight is 494 g/mol. The summed E-state index contributed by atoms with van der Waals surface area (Å²) in [4.78, 5) is 3.56. The van der Waals surface area contributed by atoms with Crippen molar-refractivity contribution in [2.24, 2.45) is 0 Å². The number of anilines is 1. The van der Waals surface area contributed by atoms with Crippen LogP contribution in [0.2, 0.25) is 5.02 Å². The molecule has 0 radical (unpaired) electrons. The Balaban J connectivity index is 1.43. The van der Waals surface area contributed by atoms with E-state index in [0.717, 1.165) is 60.1 Å². The van der Waals surface area contributed by atoms with Gasteiger partial charge in [-0.25, -0.2) is 4.39 Å². The van der Waals surface area contributed by atoms with E-state index in [1.165, 1.54) is 11.0 Å². The van der Waals surface area contributed by atoms with Crippen molar-refractivity contribution in [3.05, 3.63) is 100 Å². The van der Waals surface area contributed by atoms with Crippen LogP contribution in [0.3, 0.4) is 0 Å². The number of rotatable bonds is 5. The molecule has 4 aromatic rings. The Hall–Kier alpha value is -2.93. The van der Waals surface area contributed by atoms with Crippen molar-refractivity contribution in [1.82, 2.24) is 9.13 Å². The summed E-state index contributed by atoms with van der Waals surface area (Å²) in [5.74, 6) is -0.156. The smallest absolute Gasteiger partial charge is 0.189 e. The van der Waals surface area contributed by atoms with Crippen LogP contribution < -0.4 is 9.80 Å². The molecule has 1 N–H and O–H groups in total. The third kappa shape index (κ3) is 4.53. The topological polar surface area (TPSA) is 17.5 Å². The summed E-state index contributed by atoms with van der Waals surface area (Å²) in [5.41, 5.74) is 5.04. The lowest BCUT2D eigenvalue weighted by Crippen LogP contribution is -3.14. The first kappa shape index (κ1) is 22.8. The molecular formula is C27H27ClFN4S+. The monoisotopic (exact) mass is 493 g/mol. The lowest BCUT2D eigenvalue weighted by atomic mass is 10.1. The molecule has 4 nitrogen and oxygen atoms in total. The molecule has 1 fully saturated rings. The lowest BCUT2D eigenvalue weighted by Gasteiger charge is -2.33. The number of hydrogen-bond acceptors (Lipinski definition) is 2. The molecule has 1 aromatic heterocycles. The highest BCUT2D eigenvalue weighted by Crippen LogP contribution is 2.27. The van der Waals surface area contributed by atoms with E-state index in [1.807, 2.05) is 48.5 Å². The van der Waals surface area contributed by atoms with Gasteiger partial charge in [-0.15, -0.1) is 0 Å². The second kappa shape index (κ2) is 9.74. The molecule has 5 rings (SSSR count). The number of hydrogen-bond donors (Lipinski definition) is 1. The van der Waals surface area contributed by atoms with Crippen molar-refractivity contribution in [2.75, 3.05) is 31.1 Å². The van der Waals surface area contributed by atoms with Crippen LogP contribution in [0.1, 0.15) is 5.56 Å². The Morgan fingerprint density at radius 2 is 1.56 bits per heavy atom. The summed E-state index contributed by atoms with van der Waals surface area (Å²) in [7, 11) is 0. The minimum atomic E-state index is -0.156. The van der Waals surface area contributed by atoms with Crippen LogP contribution in [-0.2, 0) is 6.67 Å². The van der Waals surface area contributed by atoms with Gasteiger partial charge in [-0.1, -0.05) is 54.1 Å². The van der Waals surface area contributed by atoms with Crippen LogP contribution in [0.5, 0.6) is 0 Å². The third-order valence-electron chi connectivity index (χ3n) is 6.51. The van der Waals surface area contributed by atoms with Crippen LogP contribution in [0, 0.1) is 17.5 Å². The van der Waals surface area contributed by atoms with Crippen molar-refractivity contribution in [1.29, 1.82) is 0 Å². The number of aryl methyl sites for hydroxylation is 1. The SMILES string of the molecule is Cc1ccccc1-n1c(-c2ccc(Cl)cc2)cn(C[NH+]2CCN(c3ccccc3F)CC2)c1=S. The van der Waals surface area contributed by atoms with Crippen molar-refractivity contribution in [3.8, 4) is 16.9 Å². The van der Waals surface area contributed by atoms with Gasteiger partial charge in [-0.2, -0.15) is 0 Å². The van der Waals surface area contributed by atoms with Gasteiger partial charge in [0.05, 0.1) is 43.2 Å². The number of halogens is 2. The maximum absolute atomic E-state index is 14.2. The van der Waals surface area contributed by atoms with E-state index in [1.54, 1.807) is 6.07 Å². The van der Waals surface area contributed by atoms with Gasteiger partial charge in [0, 0.05) is 16.8 Å². The van der Waals surface area contributed by atoms with E-state index in [2.05, 4.69) is 39.3 Å². The Morgan fingerprint density at radius 1 is 0.912 bits per heavy atom. The van der Waals surface area contributed by atoms with Gasteiger partial charge in [0.15, 0.2) is 11.4 Å². The molecule has 0 amide bonds. The van der Waals surface area contributed by atoms with Gasteiger partial charge in [0.2, 0.25) is 0 Å². The lowest BCUT2D eigenvalue weighted by molar-refractivity contribution is -0.923. The standard InChI is InChI=1S/C27H26ClFN4S/c1-20-6-2-4-8-24(20)33-26(21-10-12-22(28)13-11-21)18-32(27(33)34)19-30-14-16-31(17-15-30)25-9-5-3-7-23(25)29/h2-13,18H,14-17,19H2,1H3/p+1. The number of benzene rings is 3. The van der Waals surface area contributed by atoms with E-state index in [0.29, 0.717) is 10.7 Å². The summed E-state index contributed by atoms with van der Waals surface area (Å²) in [5, 5.41) is 0.710. The zero-order valence-corrected chi connectivity index (χ0v) is 20.6. The summed E-state index contributed by atoms with van der Waals surface area (Å²) in [6.45, 7) is 6.33. The molecule has 1 aliphatic heterocycles. The zero-order valence-electron chi connectivity index (χ0n) is 19.0. The van der Waals surface area contributed by atoms with E-state index in [4.69, 9.17) is 23.8 Å².